The first-order valence-corrected chi connectivity index (χ1v) is 12.0. The Bertz CT molecular complexity index is 1530. The van der Waals surface area contributed by atoms with Crippen molar-refractivity contribution in [3.63, 3.8) is 0 Å². The van der Waals surface area contributed by atoms with Gasteiger partial charge >= 0.3 is 5.69 Å². The topological polar surface area (TPSA) is 122 Å². The number of nitrogens with zero attached hydrogens (tertiary/aromatic N) is 8. The van der Waals surface area contributed by atoms with Gasteiger partial charge in [-0.15, -0.1) is 5.10 Å². The molecule has 3 aromatic heterocycles. The Morgan fingerprint density at radius 3 is 2.89 bits per heavy atom. The zero-order valence-electron chi connectivity index (χ0n) is 20.3. The maximum atomic E-state index is 13.9. The van der Waals surface area contributed by atoms with Crippen molar-refractivity contribution in [2.45, 2.75) is 44.6 Å². The second kappa shape index (κ2) is 9.62. The van der Waals surface area contributed by atoms with Gasteiger partial charge in [0.05, 0.1) is 5.56 Å². The number of nitrogens with one attached hydrogen (secondary N) is 1. The van der Waals surface area contributed by atoms with E-state index in [1.54, 1.807) is 23.0 Å². The van der Waals surface area contributed by atoms with Crippen molar-refractivity contribution in [2.24, 2.45) is 12.0 Å². The second-order valence-corrected chi connectivity index (χ2v) is 9.08. The molecule has 0 spiro atoms. The monoisotopic (exact) mass is 481 g/mol. The molecule has 0 saturated heterocycles. The Morgan fingerprint density at radius 1 is 1.28 bits per heavy atom. The van der Waals surface area contributed by atoms with E-state index in [1.165, 1.54) is 0 Å². The Kier molecular flexibility index (Phi) is 6.21. The molecule has 1 aliphatic rings. The van der Waals surface area contributed by atoms with Gasteiger partial charge < -0.3 is 4.57 Å². The van der Waals surface area contributed by atoms with Crippen molar-refractivity contribution in [2.75, 3.05) is 0 Å². The number of aromatic amines is 1. The molecule has 10 nitrogen and oxygen atoms in total. The van der Waals surface area contributed by atoms with Crippen LogP contribution in [0.5, 0.6) is 0 Å². The summed E-state index contributed by atoms with van der Waals surface area (Å²) in [4.78, 5) is 18.2. The van der Waals surface area contributed by atoms with Crippen LogP contribution in [0.3, 0.4) is 0 Å². The molecule has 0 bridgehead atoms. The number of allylic oxidation sites excluding steroid dienone is 1. The predicted molar refractivity (Wildman–Crippen MR) is 136 cm³/mol. The van der Waals surface area contributed by atoms with Gasteiger partial charge in [0.15, 0.2) is 5.82 Å². The molecule has 10 heteroatoms. The average Bonchev–Trinajstić information content (AvgIpc) is 3.64. The fraction of sp³-hybridized carbons (Fsp3) is 0.308. The lowest BCUT2D eigenvalue weighted by molar-refractivity contribution is 0.438. The van der Waals surface area contributed by atoms with E-state index in [1.807, 2.05) is 40.7 Å². The molecule has 1 N–H and O–H groups in total. The Hall–Kier alpha value is -4.52. The maximum absolute atomic E-state index is 13.9. The van der Waals surface area contributed by atoms with E-state index in [4.69, 9.17) is 0 Å². The lowest BCUT2D eigenvalue weighted by Gasteiger charge is -2.32. The van der Waals surface area contributed by atoms with E-state index in [-0.39, 0.29) is 5.69 Å². The van der Waals surface area contributed by atoms with Gasteiger partial charge in [-0.1, -0.05) is 37.6 Å². The van der Waals surface area contributed by atoms with Crippen molar-refractivity contribution in [1.82, 2.24) is 34.3 Å². The number of benzene rings is 1. The lowest BCUT2D eigenvalue weighted by Crippen LogP contribution is -2.37. The number of rotatable bonds is 8. The highest BCUT2D eigenvalue weighted by Gasteiger charge is 2.33. The van der Waals surface area contributed by atoms with Crippen LogP contribution in [0.15, 0.2) is 64.8 Å². The summed E-state index contributed by atoms with van der Waals surface area (Å²) in [5.41, 5.74) is 2.66. The molecule has 0 saturated carbocycles. The summed E-state index contributed by atoms with van der Waals surface area (Å²) in [7, 11) is 1.84. The largest absolute Gasteiger partial charge is 0.336 e. The lowest BCUT2D eigenvalue weighted by atomic mass is 9.76. The molecule has 1 atom stereocenters. The highest BCUT2D eigenvalue weighted by atomic mass is 16.1. The van der Waals surface area contributed by atoms with E-state index in [9.17, 15) is 10.1 Å². The van der Waals surface area contributed by atoms with Gasteiger partial charge in [-0.2, -0.15) is 5.26 Å². The number of aromatic nitrogens is 7. The van der Waals surface area contributed by atoms with Gasteiger partial charge in [-0.3, -0.25) is 14.1 Å². The van der Waals surface area contributed by atoms with Gasteiger partial charge in [0, 0.05) is 55.1 Å². The van der Waals surface area contributed by atoms with Crippen LogP contribution >= 0.6 is 0 Å². The summed E-state index contributed by atoms with van der Waals surface area (Å²) in [6, 6.07) is 12.0. The van der Waals surface area contributed by atoms with Crippen molar-refractivity contribution in [3.05, 3.63) is 82.3 Å². The maximum Gasteiger partial charge on any atom is 0.334 e. The van der Waals surface area contributed by atoms with Crippen LogP contribution in [-0.2, 0) is 25.4 Å². The Morgan fingerprint density at radius 2 is 2.17 bits per heavy atom. The molecule has 182 valence electrons. The van der Waals surface area contributed by atoms with Gasteiger partial charge in [0.2, 0.25) is 0 Å². The number of aryl methyl sites for hydroxylation is 2. The minimum atomic E-state index is -0.492. The molecule has 0 fully saturated rings. The van der Waals surface area contributed by atoms with Crippen molar-refractivity contribution < 1.29 is 0 Å². The van der Waals surface area contributed by atoms with E-state index in [2.05, 4.69) is 56.8 Å². The number of unbranched alkanes of at least 4 members (excludes halogenated alkanes) is 1. The highest BCUT2D eigenvalue weighted by Crippen LogP contribution is 2.35. The average molecular weight is 482 g/mol. The van der Waals surface area contributed by atoms with E-state index >= 15 is 0 Å². The Labute approximate surface area is 208 Å². The number of hydrogen-bond donors (Lipinski definition) is 1. The minimum Gasteiger partial charge on any atom is -0.336 e. The van der Waals surface area contributed by atoms with E-state index in [0.29, 0.717) is 30.2 Å². The number of H-pyrrole nitrogens is 1. The third kappa shape index (κ3) is 4.09. The number of nitriles is 1. The third-order valence-electron chi connectivity index (χ3n) is 6.77. The summed E-state index contributed by atoms with van der Waals surface area (Å²) < 4.78 is 5.27. The molecule has 36 heavy (non-hydrogen) atoms. The van der Waals surface area contributed by atoms with E-state index < -0.39 is 5.41 Å². The van der Waals surface area contributed by atoms with Crippen LogP contribution in [0.2, 0.25) is 0 Å². The number of tetrazole rings is 1. The van der Waals surface area contributed by atoms with Crippen molar-refractivity contribution >= 4 is 6.21 Å². The first-order valence-electron chi connectivity index (χ1n) is 12.0. The quantitative estimate of drug-likeness (QED) is 0.414. The third-order valence-corrected chi connectivity index (χ3v) is 6.77. The fourth-order valence-corrected chi connectivity index (χ4v) is 4.81. The second-order valence-electron chi connectivity index (χ2n) is 9.08. The molecule has 1 unspecified atom stereocenters. The molecule has 0 radical (unpaired) electrons. The summed E-state index contributed by atoms with van der Waals surface area (Å²) in [5.74, 6) is 1.16. The number of imidazole rings is 1. The van der Waals surface area contributed by atoms with Crippen molar-refractivity contribution in [1.29, 1.82) is 5.26 Å². The predicted octanol–water partition coefficient (Wildman–Crippen LogP) is 3.30. The SMILES string of the molecule is CCCCc1cn(-c2c(C#N)ccn2C)c(=O)n1CC1(c2cccc(-c3nnn[nH]3)c2)C=CN=CC1. The zero-order chi connectivity index (χ0) is 25.1. The summed E-state index contributed by atoms with van der Waals surface area (Å²) in [6.45, 7) is 2.57. The first-order chi connectivity index (χ1) is 17.6. The van der Waals surface area contributed by atoms with Gasteiger partial charge in [-0.25, -0.2) is 9.89 Å². The molecule has 5 rings (SSSR count). The Balaban J connectivity index is 1.63. The highest BCUT2D eigenvalue weighted by molar-refractivity contribution is 5.65. The summed E-state index contributed by atoms with van der Waals surface area (Å²) in [5, 5.41) is 23.9. The molecule has 4 heterocycles. The van der Waals surface area contributed by atoms with E-state index in [0.717, 1.165) is 36.1 Å². The van der Waals surface area contributed by atoms with Crippen LogP contribution < -0.4 is 5.69 Å². The van der Waals surface area contributed by atoms with Crippen molar-refractivity contribution in [3.8, 4) is 23.3 Å². The summed E-state index contributed by atoms with van der Waals surface area (Å²) >= 11 is 0. The molecule has 0 amide bonds. The summed E-state index contributed by atoms with van der Waals surface area (Å²) in [6.07, 6.45) is 12.8. The molecular formula is C26H27N9O. The molecule has 0 aliphatic carbocycles. The first kappa shape index (κ1) is 23.2. The van der Waals surface area contributed by atoms with Crippen LogP contribution in [0.1, 0.15) is 43.0 Å². The standard InChI is InChI=1S/C26H27N9O/c1-3-4-8-22-17-34(24-20(16-27)9-14-33(24)2)25(36)35(22)18-26(10-12-28-13-11-26)21-7-5-6-19(15-21)23-29-31-32-30-23/h5-7,9-10,12-15,17H,3-4,8,11,18H2,1-2H3,(H,29,30,31,32). The molecule has 1 aromatic carbocycles. The van der Waals surface area contributed by atoms with Crippen LogP contribution in [0.4, 0.5) is 0 Å². The van der Waals surface area contributed by atoms with Gasteiger partial charge in [-0.05, 0) is 47.4 Å². The molecule has 1 aliphatic heterocycles. The zero-order valence-corrected chi connectivity index (χ0v) is 20.3. The molecule has 4 aromatic rings. The van der Waals surface area contributed by atoms with Gasteiger partial charge in [0.25, 0.3) is 0 Å². The molecular weight excluding hydrogens is 454 g/mol. The fourth-order valence-electron chi connectivity index (χ4n) is 4.81. The normalized spacial score (nSPS) is 16.9. The smallest absolute Gasteiger partial charge is 0.334 e. The van der Waals surface area contributed by atoms with Crippen LogP contribution in [-0.4, -0.2) is 40.5 Å². The van der Waals surface area contributed by atoms with Crippen LogP contribution in [0, 0.1) is 11.3 Å². The number of hydrogen-bond acceptors (Lipinski definition) is 6. The number of aliphatic imine (C=N–C) groups is 1. The minimum absolute atomic E-state index is 0.162. The van der Waals surface area contributed by atoms with Crippen LogP contribution in [0.25, 0.3) is 17.2 Å². The van der Waals surface area contributed by atoms with Gasteiger partial charge in [0.1, 0.15) is 11.9 Å².